The Hall–Kier alpha value is -1.53. The molecule has 2 rings (SSSR count). The van der Waals surface area contributed by atoms with E-state index in [1.807, 2.05) is 12.2 Å². The van der Waals surface area contributed by atoms with Crippen LogP contribution in [0.3, 0.4) is 0 Å². The van der Waals surface area contributed by atoms with Crippen molar-refractivity contribution >= 4 is 29.0 Å². The fourth-order valence-corrected chi connectivity index (χ4v) is 1.97. The molecule has 0 atom stereocenters. The van der Waals surface area contributed by atoms with Crippen molar-refractivity contribution in [3.63, 3.8) is 0 Å². The van der Waals surface area contributed by atoms with Crippen LogP contribution in [0.25, 0.3) is 0 Å². The molecule has 0 fully saturated rings. The van der Waals surface area contributed by atoms with Crippen LogP contribution in [-0.4, -0.2) is 5.78 Å². The first-order valence-corrected chi connectivity index (χ1v) is 6.69. The van der Waals surface area contributed by atoms with E-state index in [2.05, 4.69) is 5.73 Å². The quantitative estimate of drug-likeness (QED) is 0.558. The predicted octanol–water partition coefficient (Wildman–Crippen LogP) is 5.08. The maximum absolute atomic E-state index is 12.0. The lowest BCUT2D eigenvalue weighted by molar-refractivity contribution is 0.0983. The van der Waals surface area contributed by atoms with Crippen LogP contribution in [0.2, 0.25) is 5.02 Å². The summed E-state index contributed by atoms with van der Waals surface area (Å²) >= 11 is 11.6. The fraction of sp³-hybridized carbons (Fsp3) is 0.125. The maximum atomic E-state index is 12.0. The predicted molar refractivity (Wildman–Crippen MR) is 79.7 cm³/mol. The molecule has 1 nitrogen and oxygen atoms in total. The molecule has 1 aromatic rings. The van der Waals surface area contributed by atoms with E-state index < -0.39 is 0 Å². The minimum atomic E-state index is 0.109. The van der Waals surface area contributed by atoms with E-state index in [1.54, 1.807) is 36.4 Å². The van der Waals surface area contributed by atoms with Crippen LogP contribution in [0.15, 0.2) is 64.9 Å². The van der Waals surface area contributed by atoms with Gasteiger partial charge in [0.25, 0.3) is 0 Å². The van der Waals surface area contributed by atoms with Gasteiger partial charge in [0, 0.05) is 17.0 Å². The van der Waals surface area contributed by atoms with Crippen molar-refractivity contribution in [1.82, 2.24) is 0 Å². The average Bonchev–Trinajstić information content (AvgIpc) is 2.61. The number of carbonyl (C=O) groups is 1. The lowest BCUT2D eigenvalue weighted by atomic mass is 10.0. The second-order valence-corrected chi connectivity index (χ2v) is 5.01. The normalized spacial score (nSPS) is 13.8. The maximum Gasteiger partial charge on any atom is 0.163 e. The van der Waals surface area contributed by atoms with Crippen LogP contribution in [-0.2, 0) is 0 Å². The minimum Gasteiger partial charge on any atom is -0.294 e. The third-order valence-corrected chi connectivity index (χ3v) is 3.26. The molecule has 0 heterocycles. The Labute approximate surface area is 122 Å². The van der Waals surface area contributed by atoms with Gasteiger partial charge in [-0.1, -0.05) is 35.4 Å². The largest absolute Gasteiger partial charge is 0.294 e. The lowest BCUT2D eigenvalue weighted by Crippen LogP contribution is -1.99. The number of halogens is 2. The molecule has 96 valence electrons. The zero-order valence-electron chi connectivity index (χ0n) is 10.2. The van der Waals surface area contributed by atoms with E-state index in [0.717, 1.165) is 5.57 Å². The van der Waals surface area contributed by atoms with Crippen LogP contribution in [0, 0.1) is 0 Å². The van der Waals surface area contributed by atoms with Gasteiger partial charge in [-0.05, 0) is 48.4 Å². The molecule has 1 aromatic carbocycles. The van der Waals surface area contributed by atoms with Gasteiger partial charge in [-0.3, -0.25) is 4.79 Å². The van der Waals surface area contributed by atoms with Gasteiger partial charge in [-0.25, -0.2) is 0 Å². The molecule has 0 amide bonds. The topological polar surface area (TPSA) is 17.1 Å². The average molecular weight is 291 g/mol. The van der Waals surface area contributed by atoms with Crippen LogP contribution < -0.4 is 0 Å². The number of benzene rings is 1. The smallest absolute Gasteiger partial charge is 0.163 e. The van der Waals surface area contributed by atoms with Gasteiger partial charge in [0.2, 0.25) is 0 Å². The van der Waals surface area contributed by atoms with E-state index in [4.69, 9.17) is 23.2 Å². The van der Waals surface area contributed by atoms with Crippen molar-refractivity contribution in [3.8, 4) is 0 Å². The summed E-state index contributed by atoms with van der Waals surface area (Å²) in [7, 11) is 0. The first-order valence-electron chi connectivity index (χ1n) is 5.93. The summed E-state index contributed by atoms with van der Waals surface area (Å²) < 4.78 is 0. The highest BCUT2D eigenvalue weighted by Crippen LogP contribution is 2.16. The number of carbonyl (C=O) groups excluding carboxylic acids is 1. The van der Waals surface area contributed by atoms with Crippen LogP contribution in [0.4, 0.5) is 0 Å². The zero-order chi connectivity index (χ0) is 13.7. The van der Waals surface area contributed by atoms with Crippen molar-refractivity contribution in [2.75, 3.05) is 0 Å². The number of hydrogen-bond acceptors (Lipinski definition) is 1. The molecule has 0 N–H and O–H groups in total. The van der Waals surface area contributed by atoms with Gasteiger partial charge in [-0.2, -0.15) is 0 Å². The van der Waals surface area contributed by atoms with E-state index >= 15 is 0 Å². The highest BCUT2D eigenvalue weighted by molar-refractivity contribution is 6.31. The molecule has 1 aliphatic carbocycles. The SMILES string of the molecule is O=C(CCC1=CC=C=C(Cl)C=C1)c1ccc(Cl)cc1. The molecule has 1 aliphatic rings. The lowest BCUT2D eigenvalue weighted by Gasteiger charge is -2.02. The monoisotopic (exact) mass is 290 g/mol. The Balaban J connectivity index is 1.95. The summed E-state index contributed by atoms with van der Waals surface area (Å²) in [6.07, 6.45) is 8.52. The number of Topliss-reactive ketones (excluding diaryl/α,β-unsaturated/α-hetero) is 1. The van der Waals surface area contributed by atoms with E-state index in [1.165, 1.54) is 0 Å². The van der Waals surface area contributed by atoms with E-state index in [0.29, 0.717) is 28.5 Å². The molecular weight excluding hydrogens is 279 g/mol. The summed E-state index contributed by atoms with van der Waals surface area (Å²) in [5.41, 5.74) is 4.64. The fourth-order valence-electron chi connectivity index (χ4n) is 1.72. The molecule has 0 aromatic heterocycles. The third kappa shape index (κ3) is 4.25. The first kappa shape index (κ1) is 13.9. The summed E-state index contributed by atoms with van der Waals surface area (Å²) in [5.74, 6) is 0.109. The molecule has 0 saturated carbocycles. The summed E-state index contributed by atoms with van der Waals surface area (Å²) in [6.45, 7) is 0. The molecule has 3 heteroatoms. The van der Waals surface area contributed by atoms with Gasteiger partial charge in [0.05, 0.1) is 5.03 Å². The second kappa shape index (κ2) is 6.58. The summed E-state index contributed by atoms with van der Waals surface area (Å²) in [5, 5.41) is 1.20. The van der Waals surface area contributed by atoms with E-state index in [9.17, 15) is 4.79 Å². The van der Waals surface area contributed by atoms with Gasteiger partial charge in [0.15, 0.2) is 5.78 Å². The number of allylic oxidation sites excluding steroid dienone is 5. The molecule has 0 saturated heterocycles. The Kier molecular flexibility index (Phi) is 4.81. The molecule has 0 radical (unpaired) electrons. The third-order valence-electron chi connectivity index (χ3n) is 2.77. The van der Waals surface area contributed by atoms with Gasteiger partial charge in [-0.15, -0.1) is 5.73 Å². The van der Waals surface area contributed by atoms with Crippen molar-refractivity contribution < 1.29 is 4.79 Å². The number of ketones is 1. The number of hydrogen-bond donors (Lipinski definition) is 0. The Bertz CT molecular complexity index is 600. The van der Waals surface area contributed by atoms with Crippen LogP contribution in [0.1, 0.15) is 23.2 Å². The second-order valence-electron chi connectivity index (χ2n) is 4.16. The highest BCUT2D eigenvalue weighted by atomic mass is 35.5. The molecule has 0 spiro atoms. The summed E-state index contributed by atoms with van der Waals surface area (Å²) in [6, 6.07) is 6.96. The first-order chi connectivity index (χ1) is 9.15. The molecule has 0 bridgehead atoms. The minimum absolute atomic E-state index is 0.109. The Morgan fingerprint density at radius 2 is 1.84 bits per heavy atom. The van der Waals surface area contributed by atoms with Crippen LogP contribution >= 0.6 is 23.2 Å². The van der Waals surface area contributed by atoms with Crippen LogP contribution in [0.5, 0.6) is 0 Å². The molecule has 19 heavy (non-hydrogen) atoms. The van der Waals surface area contributed by atoms with E-state index in [-0.39, 0.29) is 5.78 Å². The van der Waals surface area contributed by atoms with Gasteiger partial charge in [0.1, 0.15) is 0 Å². The summed E-state index contributed by atoms with van der Waals surface area (Å²) in [4.78, 5) is 12.0. The van der Waals surface area contributed by atoms with Gasteiger partial charge >= 0.3 is 0 Å². The standard InChI is InChI=1S/C16H12Cl2O/c17-14-3-1-2-12(4-8-14)5-11-16(19)13-6-9-15(18)10-7-13/h1-2,4,6-10H,5,11H2. The zero-order valence-corrected chi connectivity index (χ0v) is 11.7. The molecular formula is C16H12Cl2O. The Morgan fingerprint density at radius 1 is 1.11 bits per heavy atom. The van der Waals surface area contributed by atoms with Crippen molar-refractivity contribution in [1.29, 1.82) is 0 Å². The van der Waals surface area contributed by atoms with Crippen molar-refractivity contribution in [3.05, 3.63) is 75.5 Å². The van der Waals surface area contributed by atoms with Crippen molar-refractivity contribution in [2.24, 2.45) is 0 Å². The molecule has 0 unspecified atom stereocenters. The molecule has 0 aliphatic heterocycles. The Morgan fingerprint density at radius 3 is 2.58 bits per heavy atom. The van der Waals surface area contributed by atoms with Crippen molar-refractivity contribution in [2.45, 2.75) is 12.8 Å². The number of rotatable bonds is 4. The van der Waals surface area contributed by atoms with Gasteiger partial charge < -0.3 is 0 Å². The highest BCUT2D eigenvalue weighted by Gasteiger charge is 2.06.